The third kappa shape index (κ3) is 3.60. The van der Waals surface area contributed by atoms with Crippen LogP contribution in [0.15, 0.2) is 0 Å². The number of hydrogen-bond donors (Lipinski definition) is 0. The summed E-state index contributed by atoms with van der Waals surface area (Å²) in [6.07, 6.45) is 0. The first-order valence-corrected chi connectivity index (χ1v) is 7.33. The first kappa shape index (κ1) is 21.7. The molecule has 1 aliphatic heterocycles. The summed E-state index contributed by atoms with van der Waals surface area (Å²) < 4.78 is 28.2. The molecule has 0 aliphatic carbocycles. The number of halogens is 2. The molecule has 0 spiro atoms. The first-order chi connectivity index (χ1) is 9.25. The molecule has 5 unspecified atom stereocenters. The Bertz CT molecular complexity index is 518. The van der Waals surface area contributed by atoms with E-state index in [9.17, 15) is 8.78 Å². The second kappa shape index (κ2) is 7.99. The van der Waals surface area contributed by atoms with Crippen molar-refractivity contribution in [2.24, 2.45) is 17.8 Å². The number of rotatable bonds is 1. The van der Waals surface area contributed by atoms with Crippen molar-refractivity contribution in [3.8, 4) is 0 Å². The number of benzene rings is 1. The van der Waals surface area contributed by atoms with Crippen LogP contribution in [-0.2, 0) is 20.1 Å². The first-order valence-electron chi connectivity index (χ1n) is 7.33. The summed E-state index contributed by atoms with van der Waals surface area (Å²) in [6.45, 7) is 11.7. The van der Waals surface area contributed by atoms with E-state index in [0.717, 1.165) is 0 Å². The van der Waals surface area contributed by atoms with Crippen LogP contribution < -0.4 is 0 Å². The van der Waals surface area contributed by atoms with E-state index in [1.54, 1.807) is 6.92 Å². The van der Waals surface area contributed by atoms with Crippen molar-refractivity contribution in [2.75, 3.05) is 0 Å². The van der Waals surface area contributed by atoms with Crippen LogP contribution in [0.25, 0.3) is 5.32 Å². The van der Waals surface area contributed by atoms with Gasteiger partial charge in [0.1, 0.15) is 0 Å². The molecular weight excluding hydrogens is 460 g/mol. The monoisotopic (exact) mass is 487 g/mol. The Labute approximate surface area is 147 Å². The van der Waals surface area contributed by atoms with Crippen molar-refractivity contribution < 1.29 is 28.9 Å². The Hall–Kier alpha value is -0.311. The van der Waals surface area contributed by atoms with Crippen LogP contribution in [-0.4, -0.2) is 6.04 Å². The fourth-order valence-electron chi connectivity index (χ4n) is 3.16. The Kier molecular flexibility index (Phi) is 7.87. The standard InChI is InChI=1S/C17H23F2N.CH3.Ir/c1-8-7-14(16(19)12(5)15(8)18)17-11(4)9(2)10(3)13(6)20-17;;/h9-11,13,17H,1-6H3;1H3;/q-2;-1;+3. The zero-order valence-electron chi connectivity index (χ0n) is 14.4. The normalized spacial score (nSPS) is 31.2. The van der Waals surface area contributed by atoms with Gasteiger partial charge in [0, 0.05) is 11.6 Å². The summed E-state index contributed by atoms with van der Waals surface area (Å²) in [5, 5.41) is 4.74. The molecule has 1 fully saturated rings. The maximum absolute atomic E-state index is 14.4. The molecule has 1 aromatic rings. The number of hydrogen-bond acceptors (Lipinski definition) is 0. The minimum atomic E-state index is -0.496. The van der Waals surface area contributed by atoms with Crippen LogP contribution in [0.5, 0.6) is 0 Å². The molecule has 1 saturated heterocycles. The number of aryl methyl sites for hydroxylation is 1. The maximum Gasteiger partial charge on any atom is 3.00 e. The molecule has 1 nitrogen and oxygen atoms in total. The minimum Gasteiger partial charge on any atom is -0.654 e. The Morgan fingerprint density at radius 2 is 1.45 bits per heavy atom. The topological polar surface area (TPSA) is 14.1 Å². The van der Waals surface area contributed by atoms with E-state index in [-0.39, 0.29) is 51.1 Å². The van der Waals surface area contributed by atoms with Gasteiger partial charge in [-0.2, -0.15) is 6.07 Å². The molecule has 1 heterocycles. The fraction of sp³-hybridized carbons (Fsp3) is 0.611. The van der Waals surface area contributed by atoms with Gasteiger partial charge in [-0.15, -0.1) is 23.2 Å². The van der Waals surface area contributed by atoms with Crippen molar-refractivity contribution in [2.45, 2.75) is 53.6 Å². The van der Waals surface area contributed by atoms with Gasteiger partial charge in [0.15, 0.2) is 0 Å². The molecule has 0 N–H and O–H groups in total. The molecule has 0 amide bonds. The van der Waals surface area contributed by atoms with Crippen LogP contribution in [0.4, 0.5) is 8.78 Å². The van der Waals surface area contributed by atoms with Crippen LogP contribution in [0.2, 0.25) is 0 Å². The predicted molar refractivity (Wildman–Crippen MR) is 84.1 cm³/mol. The van der Waals surface area contributed by atoms with Crippen LogP contribution >= 0.6 is 0 Å². The molecule has 4 heteroatoms. The zero-order chi connectivity index (χ0) is 15.2. The molecule has 5 atom stereocenters. The van der Waals surface area contributed by atoms with E-state index < -0.39 is 11.6 Å². The van der Waals surface area contributed by atoms with Crippen molar-refractivity contribution in [1.82, 2.24) is 0 Å². The van der Waals surface area contributed by atoms with Gasteiger partial charge in [0.25, 0.3) is 0 Å². The molecule has 0 aromatic heterocycles. The van der Waals surface area contributed by atoms with E-state index in [2.05, 4.69) is 33.8 Å². The molecular formula is C18H26F2IrN. The predicted octanol–water partition coefficient (Wildman–Crippen LogP) is 5.55. The SMILES string of the molecule is Cc1[c-]c(C2[N-]C(C)C(C)C(C)C2C)c(F)c(C)c1F.[CH3-].[Ir+3]. The molecule has 1 aliphatic rings. The minimum absolute atomic E-state index is 0. The van der Waals surface area contributed by atoms with Crippen molar-refractivity contribution in [3.63, 3.8) is 0 Å². The van der Waals surface area contributed by atoms with Gasteiger partial charge in [0.2, 0.25) is 0 Å². The van der Waals surface area contributed by atoms with E-state index in [0.29, 0.717) is 23.0 Å². The Morgan fingerprint density at radius 1 is 0.909 bits per heavy atom. The van der Waals surface area contributed by atoms with E-state index in [1.165, 1.54) is 6.92 Å². The second-order valence-corrected chi connectivity index (χ2v) is 6.33. The fourth-order valence-corrected chi connectivity index (χ4v) is 3.16. The molecule has 1 aromatic carbocycles. The van der Waals surface area contributed by atoms with Gasteiger partial charge < -0.3 is 12.7 Å². The van der Waals surface area contributed by atoms with E-state index in [4.69, 9.17) is 5.32 Å². The van der Waals surface area contributed by atoms with Gasteiger partial charge in [-0.1, -0.05) is 58.9 Å². The summed E-state index contributed by atoms with van der Waals surface area (Å²) in [5.74, 6) is 0.181. The van der Waals surface area contributed by atoms with Gasteiger partial charge in [-0.25, -0.2) is 0 Å². The summed E-state index contributed by atoms with van der Waals surface area (Å²) in [7, 11) is 0. The van der Waals surface area contributed by atoms with Crippen LogP contribution in [0.3, 0.4) is 0 Å². The van der Waals surface area contributed by atoms with Crippen molar-refractivity contribution in [1.29, 1.82) is 0 Å². The third-order valence-corrected chi connectivity index (χ3v) is 5.16. The molecule has 0 saturated carbocycles. The zero-order valence-corrected chi connectivity index (χ0v) is 16.8. The van der Waals surface area contributed by atoms with Crippen LogP contribution in [0, 0.1) is 56.7 Å². The Balaban J connectivity index is 0.00000220. The molecule has 0 bridgehead atoms. The average molecular weight is 487 g/mol. The van der Waals surface area contributed by atoms with E-state index in [1.807, 2.05) is 0 Å². The number of piperidine rings is 1. The smallest absolute Gasteiger partial charge is 0.654 e. The van der Waals surface area contributed by atoms with Gasteiger partial charge >= 0.3 is 20.1 Å². The van der Waals surface area contributed by atoms with Crippen LogP contribution in [0.1, 0.15) is 50.4 Å². The van der Waals surface area contributed by atoms with Gasteiger partial charge in [0.05, 0.1) is 0 Å². The molecule has 22 heavy (non-hydrogen) atoms. The largest absolute Gasteiger partial charge is 3.00 e. The Morgan fingerprint density at radius 3 is 2.00 bits per heavy atom. The average Bonchev–Trinajstić information content (AvgIpc) is 2.42. The van der Waals surface area contributed by atoms with Crippen molar-refractivity contribution >= 4 is 0 Å². The summed E-state index contributed by atoms with van der Waals surface area (Å²) in [5.41, 5.74) is 0.886. The second-order valence-electron chi connectivity index (χ2n) is 6.33. The van der Waals surface area contributed by atoms with E-state index >= 15 is 0 Å². The van der Waals surface area contributed by atoms with Crippen molar-refractivity contribution in [3.05, 3.63) is 47.1 Å². The molecule has 2 rings (SSSR count). The molecule has 126 valence electrons. The quantitative estimate of drug-likeness (QED) is 0.462. The summed E-state index contributed by atoms with van der Waals surface area (Å²) >= 11 is 0. The van der Waals surface area contributed by atoms with Gasteiger partial charge in [-0.3, -0.25) is 8.78 Å². The summed E-state index contributed by atoms with van der Waals surface area (Å²) in [6, 6.07) is 2.85. The maximum atomic E-state index is 14.4. The molecule has 0 radical (unpaired) electrons. The third-order valence-electron chi connectivity index (χ3n) is 5.16. The number of nitrogens with zero attached hydrogens (tertiary/aromatic N) is 1. The van der Waals surface area contributed by atoms with Gasteiger partial charge in [-0.05, 0) is 5.92 Å². The summed E-state index contributed by atoms with van der Waals surface area (Å²) in [4.78, 5) is 0.